The van der Waals surface area contributed by atoms with Gasteiger partial charge in [0.2, 0.25) is 5.91 Å². The van der Waals surface area contributed by atoms with Crippen LogP contribution < -0.4 is 9.47 Å². The van der Waals surface area contributed by atoms with Crippen LogP contribution in [-0.2, 0) is 20.9 Å². The van der Waals surface area contributed by atoms with Crippen molar-refractivity contribution < 1.29 is 33.3 Å². The fourth-order valence-electron chi connectivity index (χ4n) is 3.34. The van der Waals surface area contributed by atoms with Gasteiger partial charge in [-0.3, -0.25) is 4.79 Å². The molecule has 0 saturated heterocycles. The Morgan fingerprint density at radius 1 is 1.11 bits per heavy atom. The first kappa shape index (κ1) is 28.7. The number of thioether (sulfide) groups is 1. The SMILES string of the molecule is CCCC(=O)N=C1S/C(=C\c2cc(I)c(OCc3ccc(F)cc3)c(OCC)c2)C(O)=C1C(=O)OCC. The molecule has 0 unspecified atom stereocenters. The highest BCUT2D eigenvalue weighted by molar-refractivity contribution is 14.1. The summed E-state index contributed by atoms with van der Waals surface area (Å²) in [6.07, 6.45) is 2.53. The Balaban J connectivity index is 1.95. The Morgan fingerprint density at radius 3 is 2.49 bits per heavy atom. The molecule has 0 radical (unpaired) electrons. The molecule has 2 aromatic carbocycles. The topological polar surface area (TPSA) is 94.4 Å². The molecule has 3 rings (SSSR count). The number of aliphatic hydroxyl groups is 1. The van der Waals surface area contributed by atoms with Gasteiger partial charge in [-0.15, -0.1) is 0 Å². The van der Waals surface area contributed by atoms with E-state index < -0.39 is 5.97 Å². The number of ether oxygens (including phenoxy) is 3. The number of carbonyl (C=O) groups is 2. The molecular weight excluding hydrogens is 612 g/mol. The van der Waals surface area contributed by atoms with Crippen LogP contribution in [0.1, 0.15) is 44.7 Å². The molecule has 0 aromatic heterocycles. The van der Waals surface area contributed by atoms with E-state index in [0.29, 0.717) is 35.0 Å². The van der Waals surface area contributed by atoms with Crippen molar-refractivity contribution in [2.45, 2.75) is 40.2 Å². The number of rotatable bonds is 10. The highest BCUT2D eigenvalue weighted by atomic mass is 127. The average Bonchev–Trinajstić information content (AvgIpc) is 3.14. The summed E-state index contributed by atoms with van der Waals surface area (Å²) in [6, 6.07) is 9.65. The first-order valence-electron chi connectivity index (χ1n) is 11.7. The first-order chi connectivity index (χ1) is 17.8. The third kappa shape index (κ3) is 7.57. The lowest BCUT2D eigenvalue weighted by Gasteiger charge is -2.15. The molecule has 10 heteroatoms. The van der Waals surface area contributed by atoms with Crippen molar-refractivity contribution in [3.63, 3.8) is 0 Å². The maximum atomic E-state index is 13.2. The minimum Gasteiger partial charge on any atom is -0.506 e. The molecule has 0 atom stereocenters. The molecule has 1 N–H and O–H groups in total. The number of hydrogen-bond donors (Lipinski definition) is 1. The number of aliphatic hydroxyl groups excluding tert-OH is 1. The van der Waals surface area contributed by atoms with Gasteiger partial charge < -0.3 is 19.3 Å². The molecule has 1 aliphatic rings. The lowest BCUT2D eigenvalue weighted by Crippen LogP contribution is -2.14. The standard InChI is InChI=1S/C27H27FINO6S/c1-4-7-22(31)30-26-23(27(33)35-6-3)24(32)21(37-26)14-17-12-19(29)25(20(13-17)34-5-2)36-15-16-8-10-18(28)11-9-16/h8-14,32H,4-7,15H2,1-3H3/b21-14-,30-26?. The second-order valence-electron chi connectivity index (χ2n) is 7.79. The van der Waals surface area contributed by atoms with Gasteiger partial charge in [0.05, 0.1) is 21.7 Å². The fourth-order valence-corrected chi connectivity index (χ4v) is 5.15. The molecular formula is C27H27FINO6S. The zero-order chi connectivity index (χ0) is 26.9. The average molecular weight is 639 g/mol. The number of carbonyl (C=O) groups excluding carboxylic acids is 2. The fraction of sp³-hybridized carbons (Fsp3) is 0.296. The minimum atomic E-state index is -0.743. The van der Waals surface area contributed by atoms with Gasteiger partial charge in [-0.25, -0.2) is 14.2 Å². The molecule has 1 aliphatic heterocycles. The van der Waals surface area contributed by atoms with Crippen molar-refractivity contribution in [3.8, 4) is 11.5 Å². The van der Waals surface area contributed by atoms with E-state index in [1.165, 1.54) is 12.1 Å². The van der Waals surface area contributed by atoms with Crippen molar-refractivity contribution in [2.75, 3.05) is 13.2 Å². The number of aliphatic imine (C=N–C) groups is 1. The number of amides is 1. The zero-order valence-corrected chi connectivity index (χ0v) is 23.7. The molecule has 0 spiro atoms. The minimum absolute atomic E-state index is 0.111. The normalized spacial score (nSPS) is 15.4. The number of benzene rings is 2. The molecule has 1 amide bonds. The summed E-state index contributed by atoms with van der Waals surface area (Å²) in [6.45, 7) is 6.10. The van der Waals surface area contributed by atoms with Crippen molar-refractivity contribution in [1.82, 2.24) is 0 Å². The maximum absolute atomic E-state index is 13.2. The molecule has 37 heavy (non-hydrogen) atoms. The number of hydrogen-bond acceptors (Lipinski definition) is 7. The number of halogens is 2. The van der Waals surface area contributed by atoms with Crippen molar-refractivity contribution in [1.29, 1.82) is 0 Å². The van der Waals surface area contributed by atoms with Crippen molar-refractivity contribution >= 4 is 57.3 Å². The Morgan fingerprint density at radius 2 is 1.84 bits per heavy atom. The van der Waals surface area contributed by atoms with E-state index in [4.69, 9.17) is 14.2 Å². The number of nitrogens with zero attached hydrogens (tertiary/aromatic N) is 1. The smallest absolute Gasteiger partial charge is 0.344 e. The van der Waals surface area contributed by atoms with E-state index >= 15 is 0 Å². The molecule has 196 valence electrons. The van der Waals surface area contributed by atoms with Crippen LogP contribution in [0.25, 0.3) is 6.08 Å². The van der Waals surface area contributed by atoms with Crippen LogP contribution in [0.4, 0.5) is 4.39 Å². The summed E-state index contributed by atoms with van der Waals surface area (Å²) >= 11 is 3.16. The van der Waals surface area contributed by atoms with Gasteiger partial charge in [0.1, 0.15) is 28.8 Å². The van der Waals surface area contributed by atoms with Gasteiger partial charge in [-0.2, -0.15) is 0 Å². The zero-order valence-electron chi connectivity index (χ0n) is 20.7. The predicted molar refractivity (Wildman–Crippen MR) is 150 cm³/mol. The van der Waals surface area contributed by atoms with E-state index in [1.54, 1.807) is 31.2 Å². The second kappa shape index (κ2) is 13.6. The van der Waals surface area contributed by atoms with Gasteiger partial charge >= 0.3 is 5.97 Å². The van der Waals surface area contributed by atoms with E-state index in [1.807, 2.05) is 19.9 Å². The highest BCUT2D eigenvalue weighted by Crippen LogP contribution is 2.41. The quantitative estimate of drug-likeness (QED) is 0.232. The van der Waals surface area contributed by atoms with Crippen LogP contribution in [0, 0.1) is 9.39 Å². The Hall–Kier alpha value is -2.86. The van der Waals surface area contributed by atoms with E-state index in [0.717, 1.165) is 20.9 Å². The van der Waals surface area contributed by atoms with Crippen LogP contribution in [-0.4, -0.2) is 35.2 Å². The van der Waals surface area contributed by atoms with Crippen LogP contribution >= 0.6 is 34.4 Å². The van der Waals surface area contributed by atoms with Crippen molar-refractivity contribution in [3.05, 3.63) is 73.1 Å². The molecule has 1 heterocycles. The van der Waals surface area contributed by atoms with Gasteiger partial charge in [0.15, 0.2) is 11.5 Å². The van der Waals surface area contributed by atoms with E-state index in [9.17, 15) is 19.1 Å². The molecule has 0 aliphatic carbocycles. The van der Waals surface area contributed by atoms with Crippen LogP contribution in [0.3, 0.4) is 0 Å². The molecule has 0 bridgehead atoms. The maximum Gasteiger partial charge on any atom is 0.344 e. The van der Waals surface area contributed by atoms with Gasteiger partial charge in [-0.1, -0.05) is 30.8 Å². The van der Waals surface area contributed by atoms with Gasteiger partial charge in [0, 0.05) is 6.42 Å². The summed E-state index contributed by atoms with van der Waals surface area (Å²) in [4.78, 5) is 29.1. The van der Waals surface area contributed by atoms with Crippen LogP contribution in [0.2, 0.25) is 0 Å². The molecule has 2 aromatic rings. The monoisotopic (exact) mass is 639 g/mol. The lowest BCUT2D eigenvalue weighted by molar-refractivity contribution is -0.138. The molecule has 0 saturated carbocycles. The lowest BCUT2D eigenvalue weighted by atomic mass is 10.1. The van der Waals surface area contributed by atoms with Gasteiger partial charge in [0.25, 0.3) is 0 Å². The summed E-state index contributed by atoms with van der Waals surface area (Å²) in [7, 11) is 0. The summed E-state index contributed by atoms with van der Waals surface area (Å²) in [5, 5.41) is 11.0. The Bertz CT molecular complexity index is 1260. The summed E-state index contributed by atoms with van der Waals surface area (Å²) in [5.74, 6) is -0.706. The Kier molecular flexibility index (Phi) is 10.6. The van der Waals surface area contributed by atoms with E-state index in [2.05, 4.69) is 27.6 Å². The second-order valence-corrected chi connectivity index (χ2v) is 9.99. The molecule has 0 fully saturated rings. The molecule has 7 nitrogen and oxygen atoms in total. The Labute approximate surface area is 232 Å². The summed E-state index contributed by atoms with van der Waals surface area (Å²) in [5.41, 5.74) is 1.36. The predicted octanol–water partition coefficient (Wildman–Crippen LogP) is 6.60. The van der Waals surface area contributed by atoms with Gasteiger partial charge in [-0.05, 0) is 84.3 Å². The third-order valence-corrected chi connectivity index (χ3v) is 6.81. The number of esters is 1. The van der Waals surface area contributed by atoms with E-state index in [-0.39, 0.29) is 47.7 Å². The third-order valence-electron chi connectivity index (χ3n) is 4.99. The highest BCUT2D eigenvalue weighted by Gasteiger charge is 2.33. The largest absolute Gasteiger partial charge is 0.506 e. The van der Waals surface area contributed by atoms with Crippen molar-refractivity contribution in [2.24, 2.45) is 4.99 Å². The summed E-state index contributed by atoms with van der Waals surface area (Å²) < 4.78 is 30.8. The first-order valence-corrected chi connectivity index (χ1v) is 13.6. The van der Waals surface area contributed by atoms with Crippen LogP contribution in [0.15, 0.2) is 57.6 Å². The van der Waals surface area contributed by atoms with Crippen LogP contribution in [0.5, 0.6) is 11.5 Å².